The number of nitrogens with zero attached hydrogens (tertiary/aromatic N) is 1. The Morgan fingerprint density at radius 2 is 2.20 bits per heavy atom. The number of nitrogens with one attached hydrogen (secondary N) is 1. The Labute approximate surface area is 125 Å². The second kappa shape index (κ2) is 6.75. The van der Waals surface area contributed by atoms with Gasteiger partial charge in [0.15, 0.2) is 11.6 Å². The van der Waals surface area contributed by atoms with E-state index in [1.165, 1.54) is 15.3 Å². The van der Waals surface area contributed by atoms with Crippen LogP contribution in [0, 0.1) is 13.8 Å². The van der Waals surface area contributed by atoms with Crippen LogP contribution in [-0.4, -0.2) is 11.6 Å². The predicted octanol–water partition coefficient (Wildman–Crippen LogP) is 4.72. The molecule has 0 saturated carbocycles. The van der Waals surface area contributed by atoms with Gasteiger partial charge in [-0.1, -0.05) is 6.92 Å². The van der Waals surface area contributed by atoms with E-state index in [9.17, 15) is 0 Å². The van der Waals surface area contributed by atoms with Crippen LogP contribution in [0.25, 0.3) is 0 Å². The summed E-state index contributed by atoms with van der Waals surface area (Å²) in [6.07, 6.45) is 2.78. The maximum Gasteiger partial charge on any atom is 0.169 e. The number of hydrogen-bond acceptors (Lipinski definition) is 4. The monoisotopic (exact) mass is 290 g/mol. The van der Waals surface area contributed by atoms with Gasteiger partial charge in [0.2, 0.25) is 0 Å². The van der Waals surface area contributed by atoms with E-state index in [2.05, 4.69) is 44.1 Å². The number of aryl methyl sites for hydroxylation is 2. The first kappa shape index (κ1) is 14.9. The number of anilines is 1. The molecule has 3 nitrogen and oxygen atoms in total. The summed E-state index contributed by atoms with van der Waals surface area (Å²) >= 11 is 1.83. The Kier molecular flexibility index (Phi) is 5.01. The van der Waals surface area contributed by atoms with E-state index in [4.69, 9.17) is 4.74 Å². The van der Waals surface area contributed by atoms with Crippen LogP contribution in [0.1, 0.15) is 41.6 Å². The zero-order chi connectivity index (χ0) is 14.5. The van der Waals surface area contributed by atoms with E-state index >= 15 is 0 Å². The van der Waals surface area contributed by atoms with Gasteiger partial charge in [0.1, 0.15) is 0 Å². The Balaban J connectivity index is 2.15. The van der Waals surface area contributed by atoms with E-state index in [1.54, 1.807) is 6.20 Å². The molecule has 1 unspecified atom stereocenters. The average Bonchev–Trinajstić information content (AvgIpc) is 2.77. The van der Waals surface area contributed by atoms with Crippen LogP contribution in [-0.2, 0) is 0 Å². The zero-order valence-corrected chi connectivity index (χ0v) is 13.4. The van der Waals surface area contributed by atoms with Crippen molar-refractivity contribution in [2.24, 2.45) is 0 Å². The van der Waals surface area contributed by atoms with Crippen molar-refractivity contribution < 1.29 is 4.74 Å². The van der Waals surface area contributed by atoms with Crippen molar-refractivity contribution in [2.45, 2.75) is 40.2 Å². The van der Waals surface area contributed by atoms with Gasteiger partial charge in [-0.05, 0) is 51.0 Å². The number of thiophene rings is 1. The molecular formula is C16H22N2OS. The minimum absolute atomic E-state index is 0.221. The van der Waals surface area contributed by atoms with Crippen LogP contribution in [0.5, 0.6) is 5.75 Å². The molecule has 0 amide bonds. The van der Waals surface area contributed by atoms with Crippen LogP contribution in [0.3, 0.4) is 0 Å². The van der Waals surface area contributed by atoms with Crippen LogP contribution < -0.4 is 10.1 Å². The number of aromatic nitrogens is 1. The Hall–Kier alpha value is -1.55. The van der Waals surface area contributed by atoms with Crippen LogP contribution in [0.4, 0.5) is 5.82 Å². The molecule has 2 aromatic heterocycles. The molecule has 0 aliphatic heterocycles. The van der Waals surface area contributed by atoms with Crippen LogP contribution in [0.15, 0.2) is 24.4 Å². The van der Waals surface area contributed by atoms with E-state index in [0.29, 0.717) is 6.61 Å². The van der Waals surface area contributed by atoms with Gasteiger partial charge < -0.3 is 10.1 Å². The van der Waals surface area contributed by atoms with E-state index in [0.717, 1.165) is 18.0 Å². The van der Waals surface area contributed by atoms with Gasteiger partial charge in [0.05, 0.1) is 12.6 Å². The van der Waals surface area contributed by atoms with Gasteiger partial charge in [-0.25, -0.2) is 4.98 Å². The van der Waals surface area contributed by atoms with Crippen molar-refractivity contribution >= 4 is 17.2 Å². The van der Waals surface area contributed by atoms with Gasteiger partial charge in [-0.3, -0.25) is 0 Å². The maximum absolute atomic E-state index is 5.74. The summed E-state index contributed by atoms with van der Waals surface area (Å²) in [5.41, 5.74) is 1.33. The summed E-state index contributed by atoms with van der Waals surface area (Å²) in [7, 11) is 0. The highest BCUT2D eigenvalue weighted by molar-refractivity contribution is 7.12. The van der Waals surface area contributed by atoms with Crippen molar-refractivity contribution in [1.82, 2.24) is 4.98 Å². The van der Waals surface area contributed by atoms with Gasteiger partial charge in [0, 0.05) is 16.0 Å². The molecule has 1 atom stereocenters. The normalized spacial score (nSPS) is 12.2. The molecule has 0 aliphatic carbocycles. The molecule has 0 aliphatic rings. The molecule has 0 saturated heterocycles. The van der Waals surface area contributed by atoms with Gasteiger partial charge >= 0.3 is 0 Å². The largest absolute Gasteiger partial charge is 0.490 e. The summed E-state index contributed by atoms with van der Waals surface area (Å²) in [5, 5.41) is 3.46. The standard InChI is InChI=1S/C16H22N2OS/c1-5-9-19-15-7-6-8-17-16(15)18-12(3)14-10-11(2)20-13(14)4/h6-8,10,12H,5,9H2,1-4H3,(H,17,18). The third-order valence-electron chi connectivity index (χ3n) is 3.13. The first-order valence-electron chi connectivity index (χ1n) is 7.03. The number of rotatable bonds is 6. The molecule has 0 bridgehead atoms. The first-order valence-corrected chi connectivity index (χ1v) is 7.84. The predicted molar refractivity (Wildman–Crippen MR) is 85.9 cm³/mol. The number of pyridine rings is 1. The molecule has 2 aromatic rings. The highest BCUT2D eigenvalue weighted by Gasteiger charge is 2.13. The zero-order valence-electron chi connectivity index (χ0n) is 12.6. The molecule has 1 N–H and O–H groups in total. The molecule has 2 heterocycles. The Bertz CT molecular complexity index is 565. The summed E-state index contributed by atoms with van der Waals surface area (Å²) in [4.78, 5) is 7.10. The third kappa shape index (κ3) is 3.51. The average molecular weight is 290 g/mol. The van der Waals surface area contributed by atoms with E-state index in [1.807, 2.05) is 23.5 Å². The smallest absolute Gasteiger partial charge is 0.169 e. The molecule has 108 valence electrons. The summed E-state index contributed by atoms with van der Waals surface area (Å²) < 4.78 is 5.74. The number of hydrogen-bond donors (Lipinski definition) is 1. The van der Waals surface area contributed by atoms with Gasteiger partial charge in [0.25, 0.3) is 0 Å². The van der Waals surface area contributed by atoms with Gasteiger partial charge in [-0.2, -0.15) is 0 Å². The SMILES string of the molecule is CCCOc1cccnc1NC(C)c1cc(C)sc1C. The highest BCUT2D eigenvalue weighted by atomic mass is 32.1. The first-order chi connectivity index (χ1) is 9.61. The van der Waals surface area contributed by atoms with Crippen LogP contribution >= 0.6 is 11.3 Å². The summed E-state index contributed by atoms with van der Waals surface area (Å²) in [6.45, 7) is 9.28. The lowest BCUT2D eigenvalue weighted by Crippen LogP contribution is -2.10. The highest BCUT2D eigenvalue weighted by Crippen LogP contribution is 2.30. The molecule has 0 aromatic carbocycles. The molecule has 2 rings (SSSR count). The minimum atomic E-state index is 0.221. The fraction of sp³-hybridized carbons (Fsp3) is 0.438. The lowest BCUT2D eigenvalue weighted by molar-refractivity contribution is 0.317. The second-order valence-corrected chi connectivity index (χ2v) is 6.39. The van der Waals surface area contributed by atoms with Crippen molar-refractivity contribution in [3.8, 4) is 5.75 Å². The molecule has 0 fully saturated rings. The topological polar surface area (TPSA) is 34.1 Å². The van der Waals surface area contributed by atoms with Crippen molar-refractivity contribution in [3.05, 3.63) is 39.7 Å². The lowest BCUT2D eigenvalue weighted by atomic mass is 10.1. The molecule has 20 heavy (non-hydrogen) atoms. The Morgan fingerprint density at radius 3 is 2.85 bits per heavy atom. The molecule has 0 spiro atoms. The third-order valence-corrected chi connectivity index (χ3v) is 4.11. The van der Waals surface area contributed by atoms with Crippen molar-refractivity contribution in [2.75, 3.05) is 11.9 Å². The molecular weight excluding hydrogens is 268 g/mol. The quantitative estimate of drug-likeness (QED) is 0.835. The fourth-order valence-corrected chi connectivity index (χ4v) is 3.21. The minimum Gasteiger partial charge on any atom is -0.490 e. The van der Waals surface area contributed by atoms with Crippen LogP contribution in [0.2, 0.25) is 0 Å². The summed E-state index contributed by atoms with van der Waals surface area (Å²) in [5.74, 6) is 1.64. The lowest BCUT2D eigenvalue weighted by Gasteiger charge is -2.17. The summed E-state index contributed by atoms with van der Waals surface area (Å²) in [6, 6.07) is 6.33. The molecule has 0 radical (unpaired) electrons. The van der Waals surface area contributed by atoms with E-state index < -0.39 is 0 Å². The number of ether oxygens (including phenoxy) is 1. The van der Waals surface area contributed by atoms with E-state index in [-0.39, 0.29) is 6.04 Å². The van der Waals surface area contributed by atoms with Gasteiger partial charge in [-0.15, -0.1) is 11.3 Å². The molecule has 4 heteroatoms. The fourth-order valence-electron chi connectivity index (χ4n) is 2.19. The second-order valence-electron chi connectivity index (χ2n) is 4.93. The van der Waals surface area contributed by atoms with Crippen molar-refractivity contribution in [3.63, 3.8) is 0 Å². The maximum atomic E-state index is 5.74. The van der Waals surface area contributed by atoms with Crippen molar-refractivity contribution in [1.29, 1.82) is 0 Å². The Morgan fingerprint density at radius 1 is 1.40 bits per heavy atom.